The first-order valence-electron chi connectivity index (χ1n) is 10.3. The van der Waals surface area contributed by atoms with Crippen LogP contribution in [0.3, 0.4) is 0 Å². The van der Waals surface area contributed by atoms with Gasteiger partial charge < -0.3 is 15.5 Å². The lowest BCUT2D eigenvalue weighted by atomic mass is 9.96. The van der Waals surface area contributed by atoms with Crippen molar-refractivity contribution in [3.63, 3.8) is 0 Å². The van der Waals surface area contributed by atoms with E-state index in [4.69, 9.17) is 0 Å². The normalized spacial score (nSPS) is 12.2. The third kappa shape index (κ3) is 4.08. The molecule has 1 aliphatic rings. The van der Waals surface area contributed by atoms with Crippen LogP contribution >= 0.6 is 0 Å². The highest BCUT2D eigenvalue weighted by molar-refractivity contribution is 6.06. The molecule has 3 aromatic rings. The zero-order valence-corrected chi connectivity index (χ0v) is 17.0. The fourth-order valence-corrected chi connectivity index (χ4v) is 4.25. The van der Waals surface area contributed by atoms with Gasteiger partial charge in [-0.3, -0.25) is 10.1 Å². The van der Waals surface area contributed by atoms with E-state index >= 15 is 0 Å². The second kappa shape index (κ2) is 9.12. The molecule has 0 fully saturated rings. The van der Waals surface area contributed by atoms with E-state index in [1.807, 2.05) is 48.5 Å². The van der Waals surface area contributed by atoms with Gasteiger partial charge in [-0.15, -0.1) is 0 Å². The Kier molecular flexibility index (Phi) is 6.11. The van der Waals surface area contributed by atoms with Crippen LogP contribution in [0.2, 0.25) is 0 Å². The maximum absolute atomic E-state index is 13.0. The number of amides is 3. The zero-order chi connectivity index (χ0) is 21.8. The van der Waals surface area contributed by atoms with Crippen LogP contribution in [-0.4, -0.2) is 35.4 Å². The predicted molar refractivity (Wildman–Crippen MR) is 118 cm³/mol. The van der Waals surface area contributed by atoms with Crippen LogP contribution in [0.1, 0.15) is 38.7 Å². The summed E-state index contributed by atoms with van der Waals surface area (Å²) in [6.45, 7) is -0.241. The number of fused-ring (bicyclic) bond motifs is 3. The van der Waals surface area contributed by atoms with Gasteiger partial charge >= 0.3 is 6.03 Å². The fourth-order valence-electron chi connectivity index (χ4n) is 4.25. The summed E-state index contributed by atoms with van der Waals surface area (Å²) >= 11 is 0. The van der Waals surface area contributed by atoms with Crippen LogP contribution in [-0.2, 0) is 12.8 Å². The number of aliphatic hydroxyl groups excluding tert-OH is 2. The van der Waals surface area contributed by atoms with E-state index < -0.39 is 11.9 Å². The van der Waals surface area contributed by atoms with Crippen LogP contribution in [0.25, 0.3) is 11.1 Å². The molecule has 4 N–H and O–H groups in total. The van der Waals surface area contributed by atoms with Crippen LogP contribution in [0.4, 0.5) is 4.79 Å². The smallest absolute Gasteiger partial charge is 0.322 e. The minimum atomic E-state index is -0.602. The van der Waals surface area contributed by atoms with E-state index in [1.54, 1.807) is 18.2 Å². The Morgan fingerprint density at radius 1 is 0.742 bits per heavy atom. The molecule has 158 valence electrons. The number of carbonyl (C=O) groups excluding carboxylic acids is 2. The third-order valence-electron chi connectivity index (χ3n) is 5.56. The fraction of sp³-hybridized carbons (Fsp3) is 0.200. The minimum absolute atomic E-state index is 0.120. The van der Waals surface area contributed by atoms with Crippen molar-refractivity contribution in [2.75, 3.05) is 13.2 Å². The Hall–Kier alpha value is -3.48. The lowest BCUT2D eigenvalue weighted by Gasteiger charge is -2.18. The number of carbonyl (C=O) groups is 2. The molecule has 0 saturated carbocycles. The van der Waals surface area contributed by atoms with Crippen LogP contribution in [0.5, 0.6) is 0 Å². The van der Waals surface area contributed by atoms with Gasteiger partial charge in [-0.1, -0.05) is 66.7 Å². The summed E-state index contributed by atoms with van der Waals surface area (Å²) in [6, 6.07) is 20.1. The van der Waals surface area contributed by atoms with Gasteiger partial charge in [0.2, 0.25) is 0 Å². The van der Waals surface area contributed by atoms with Crippen molar-refractivity contribution in [1.29, 1.82) is 0 Å². The first kappa shape index (κ1) is 20.8. The maximum Gasteiger partial charge on any atom is 0.322 e. The van der Waals surface area contributed by atoms with Gasteiger partial charge in [0.15, 0.2) is 0 Å². The molecule has 4 rings (SSSR count). The molecule has 3 amide bonds. The molecule has 1 aliphatic carbocycles. The minimum Gasteiger partial charge on any atom is -0.396 e. The summed E-state index contributed by atoms with van der Waals surface area (Å²) in [5, 5.41) is 24.0. The van der Waals surface area contributed by atoms with Crippen molar-refractivity contribution >= 4 is 11.9 Å². The van der Waals surface area contributed by atoms with E-state index in [1.165, 1.54) is 0 Å². The molecule has 31 heavy (non-hydrogen) atoms. The monoisotopic (exact) mass is 416 g/mol. The molecular weight excluding hydrogens is 392 g/mol. The molecule has 0 heterocycles. The Balaban J connectivity index is 1.57. The van der Waals surface area contributed by atoms with Gasteiger partial charge in [0.25, 0.3) is 5.91 Å². The second-order valence-electron chi connectivity index (χ2n) is 7.43. The van der Waals surface area contributed by atoms with Crippen molar-refractivity contribution in [2.24, 2.45) is 0 Å². The van der Waals surface area contributed by atoms with Gasteiger partial charge in [-0.2, -0.15) is 0 Å². The lowest BCUT2D eigenvalue weighted by Crippen LogP contribution is -2.41. The van der Waals surface area contributed by atoms with Crippen molar-refractivity contribution in [2.45, 2.75) is 18.9 Å². The lowest BCUT2D eigenvalue weighted by molar-refractivity contribution is 0.0961. The summed E-state index contributed by atoms with van der Waals surface area (Å²) in [5.41, 5.74) is 5.68. The topological polar surface area (TPSA) is 98.7 Å². The number of imide groups is 1. The molecule has 0 aromatic heterocycles. The van der Waals surface area contributed by atoms with Crippen LogP contribution in [0, 0.1) is 0 Å². The molecule has 0 spiro atoms. The summed E-state index contributed by atoms with van der Waals surface area (Å²) in [7, 11) is 0. The second-order valence-corrected chi connectivity index (χ2v) is 7.43. The van der Waals surface area contributed by atoms with E-state index in [-0.39, 0.29) is 32.1 Å². The predicted octanol–water partition coefficient (Wildman–Crippen LogP) is 2.97. The van der Waals surface area contributed by atoms with Crippen LogP contribution < -0.4 is 10.6 Å². The first-order chi connectivity index (χ1) is 15.1. The van der Waals surface area contributed by atoms with Gasteiger partial charge in [0.05, 0.1) is 6.04 Å². The first-order valence-corrected chi connectivity index (χ1v) is 10.3. The zero-order valence-electron chi connectivity index (χ0n) is 17.0. The number of urea groups is 1. The Morgan fingerprint density at radius 2 is 1.26 bits per heavy atom. The quantitative estimate of drug-likeness (QED) is 0.497. The average molecular weight is 416 g/mol. The van der Waals surface area contributed by atoms with Gasteiger partial charge in [0, 0.05) is 18.8 Å². The van der Waals surface area contributed by atoms with E-state index in [0.29, 0.717) is 16.7 Å². The highest BCUT2D eigenvalue weighted by Crippen LogP contribution is 2.42. The van der Waals surface area contributed by atoms with Crippen molar-refractivity contribution in [3.8, 4) is 11.1 Å². The van der Waals surface area contributed by atoms with Crippen molar-refractivity contribution < 1.29 is 19.8 Å². The largest absolute Gasteiger partial charge is 0.396 e. The standard InChI is InChI=1S/C25H24N2O4/c28-14-12-16-6-5-7-17(13-15-29)22(16)24(30)27-25(31)26-23-20-10-3-1-8-18(20)19-9-2-4-11-21(19)23/h1-11,23,28-29H,12-15H2,(H2,26,27,30,31). The van der Waals surface area contributed by atoms with Crippen molar-refractivity contribution in [1.82, 2.24) is 10.6 Å². The average Bonchev–Trinajstić information content (AvgIpc) is 3.08. The number of benzene rings is 3. The molecule has 0 atom stereocenters. The Bertz CT molecular complexity index is 1060. The number of nitrogens with one attached hydrogen (secondary N) is 2. The molecule has 0 unspecified atom stereocenters. The van der Waals surface area contributed by atoms with Gasteiger partial charge in [-0.05, 0) is 46.2 Å². The molecular formula is C25H24N2O4. The highest BCUT2D eigenvalue weighted by Gasteiger charge is 2.30. The molecule has 0 saturated heterocycles. The van der Waals surface area contributed by atoms with E-state index in [0.717, 1.165) is 22.3 Å². The number of hydrogen-bond acceptors (Lipinski definition) is 4. The van der Waals surface area contributed by atoms with Gasteiger partial charge in [0.1, 0.15) is 0 Å². The summed E-state index contributed by atoms with van der Waals surface area (Å²) in [4.78, 5) is 25.8. The van der Waals surface area contributed by atoms with Gasteiger partial charge in [-0.25, -0.2) is 4.79 Å². The summed E-state index contributed by atoms with van der Waals surface area (Å²) < 4.78 is 0. The number of hydrogen-bond donors (Lipinski definition) is 4. The summed E-state index contributed by atoms with van der Waals surface area (Å²) in [6.07, 6.45) is 0.569. The van der Waals surface area contributed by atoms with Crippen molar-refractivity contribution in [3.05, 3.63) is 94.5 Å². The highest BCUT2D eigenvalue weighted by atomic mass is 16.3. The molecule has 0 bridgehead atoms. The van der Waals surface area contributed by atoms with E-state index in [2.05, 4.69) is 10.6 Å². The molecule has 0 aliphatic heterocycles. The number of rotatable bonds is 6. The maximum atomic E-state index is 13.0. The third-order valence-corrected chi connectivity index (χ3v) is 5.56. The molecule has 0 radical (unpaired) electrons. The molecule has 6 nitrogen and oxygen atoms in total. The van der Waals surface area contributed by atoms with Crippen LogP contribution in [0.15, 0.2) is 66.7 Å². The molecule has 3 aromatic carbocycles. The Morgan fingerprint density at radius 3 is 1.77 bits per heavy atom. The number of aliphatic hydroxyl groups is 2. The molecule has 6 heteroatoms. The SMILES string of the molecule is O=C(NC(=O)c1c(CCO)cccc1CCO)NC1c2ccccc2-c2ccccc21. The van der Waals surface area contributed by atoms with E-state index in [9.17, 15) is 19.8 Å². The Labute approximate surface area is 180 Å². The summed E-state index contributed by atoms with van der Waals surface area (Å²) in [5.74, 6) is -0.551.